The Morgan fingerprint density at radius 3 is 2.78 bits per heavy atom. The van der Waals surface area contributed by atoms with Crippen LogP contribution in [0.5, 0.6) is 0 Å². The second kappa shape index (κ2) is 4.71. The molecule has 0 spiro atoms. The van der Waals surface area contributed by atoms with Gasteiger partial charge in [0.2, 0.25) is 10.0 Å². The number of nitrogens with one attached hydrogen (secondary N) is 3. The van der Waals surface area contributed by atoms with Crippen LogP contribution in [0.2, 0.25) is 0 Å². The SMILES string of the molecule is CC1NNCC1S(=O)(=O)Nc1ccc(F)c(N)c1. The normalized spacial score (nSPS) is 24.1. The highest BCUT2D eigenvalue weighted by atomic mass is 32.2. The summed E-state index contributed by atoms with van der Waals surface area (Å²) < 4.78 is 39.5. The van der Waals surface area contributed by atoms with E-state index in [2.05, 4.69) is 15.6 Å². The molecule has 1 aliphatic heterocycles. The third-order valence-electron chi connectivity index (χ3n) is 2.85. The quantitative estimate of drug-likeness (QED) is 0.583. The maximum absolute atomic E-state index is 13.0. The Bertz CT molecular complexity index is 549. The summed E-state index contributed by atoms with van der Waals surface area (Å²) in [6, 6.07) is 3.51. The molecule has 0 amide bonds. The summed E-state index contributed by atoms with van der Waals surface area (Å²) in [5.74, 6) is -0.574. The second-order valence-corrected chi connectivity index (χ2v) is 6.14. The van der Waals surface area contributed by atoms with Gasteiger partial charge in [0.25, 0.3) is 0 Å². The maximum Gasteiger partial charge on any atom is 0.238 e. The monoisotopic (exact) mass is 274 g/mol. The topological polar surface area (TPSA) is 96.2 Å². The first-order valence-corrected chi connectivity index (χ1v) is 7.00. The molecule has 1 aliphatic rings. The molecule has 18 heavy (non-hydrogen) atoms. The first-order chi connectivity index (χ1) is 8.40. The smallest absolute Gasteiger partial charge is 0.238 e. The number of nitrogen functional groups attached to an aromatic ring is 1. The van der Waals surface area contributed by atoms with Crippen LogP contribution in [-0.4, -0.2) is 26.3 Å². The first-order valence-electron chi connectivity index (χ1n) is 5.45. The lowest BCUT2D eigenvalue weighted by molar-refractivity contribution is 0.565. The number of hydrogen-bond donors (Lipinski definition) is 4. The average Bonchev–Trinajstić information content (AvgIpc) is 2.70. The zero-order chi connectivity index (χ0) is 13.3. The van der Waals surface area contributed by atoms with E-state index in [4.69, 9.17) is 5.73 Å². The van der Waals surface area contributed by atoms with Crippen LogP contribution in [0.1, 0.15) is 6.92 Å². The van der Waals surface area contributed by atoms with Crippen molar-refractivity contribution in [3.8, 4) is 0 Å². The van der Waals surface area contributed by atoms with Crippen LogP contribution in [0.4, 0.5) is 15.8 Å². The zero-order valence-electron chi connectivity index (χ0n) is 9.77. The van der Waals surface area contributed by atoms with Gasteiger partial charge in [0, 0.05) is 12.6 Å². The molecule has 2 atom stereocenters. The number of halogens is 1. The molecule has 0 aliphatic carbocycles. The summed E-state index contributed by atoms with van der Waals surface area (Å²) in [7, 11) is -3.54. The Balaban J connectivity index is 2.19. The zero-order valence-corrected chi connectivity index (χ0v) is 10.6. The molecule has 8 heteroatoms. The van der Waals surface area contributed by atoms with E-state index < -0.39 is 21.1 Å². The molecule has 2 unspecified atom stereocenters. The minimum absolute atomic E-state index is 0.0917. The fourth-order valence-electron chi connectivity index (χ4n) is 1.82. The minimum atomic E-state index is -3.54. The number of sulfonamides is 1. The van der Waals surface area contributed by atoms with Crippen LogP contribution in [0.3, 0.4) is 0 Å². The van der Waals surface area contributed by atoms with Gasteiger partial charge >= 0.3 is 0 Å². The van der Waals surface area contributed by atoms with E-state index in [1.54, 1.807) is 6.92 Å². The van der Waals surface area contributed by atoms with E-state index in [0.717, 1.165) is 6.07 Å². The molecule has 2 rings (SSSR count). The molecule has 0 aromatic heterocycles. The van der Waals surface area contributed by atoms with Gasteiger partial charge in [0.05, 0.1) is 11.4 Å². The van der Waals surface area contributed by atoms with Crippen molar-refractivity contribution in [1.82, 2.24) is 10.9 Å². The number of benzene rings is 1. The van der Waals surface area contributed by atoms with Crippen molar-refractivity contribution in [2.75, 3.05) is 17.0 Å². The molecule has 6 nitrogen and oxygen atoms in total. The molecule has 1 saturated heterocycles. The van der Waals surface area contributed by atoms with Crippen molar-refractivity contribution >= 4 is 21.4 Å². The number of anilines is 2. The standard InChI is InChI=1S/C10H15FN4O2S/c1-6-10(5-13-14-6)18(16,17)15-7-2-3-8(11)9(12)4-7/h2-4,6,10,13-15H,5,12H2,1H3. The molecular formula is C10H15FN4O2S. The highest BCUT2D eigenvalue weighted by molar-refractivity contribution is 7.93. The number of hydrazine groups is 1. The van der Waals surface area contributed by atoms with E-state index in [9.17, 15) is 12.8 Å². The Kier molecular flexibility index (Phi) is 3.42. The largest absolute Gasteiger partial charge is 0.396 e. The number of rotatable bonds is 3. The van der Waals surface area contributed by atoms with Gasteiger partial charge < -0.3 is 5.73 Å². The summed E-state index contributed by atoms with van der Waals surface area (Å²) in [5.41, 5.74) is 11.2. The molecule has 0 radical (unpaired) electrons. The van der Waals surface area contributed by atoms with E-state index in [1.165, 1.54) is 12.1 Å². The molecule has 0 bridgehead atoms. The third kappa shape index (κ3) is 2.55. The van der Waals surface area contributed by atoms with Crippen LogP contribution >= 0.6 is 0 Å². The van der Waals surface area contributed by atoms with Crippen LogP contribution in [0.15, 0.2) is 18.2 Å². The van der Waals surface area contributed by atoms with Gasteiger partial charge in [-0.25, -0.2) is 12.8 Å². The van der Waals surface area contributed by atoms with E-state index in [0.29, 0.717) is 6.54 Å². The van der Waals surface area contributed by atoms with Crippen molar-refractivity contribution in [3.63, 3.8) is 0 Å². The van der Waals surface area contributed by atoms with Gasteiger partial charge in [-0.3, -0.25) is 15.6 Å². The Morgan fingerprint density at radius 1 is 1.50 bits per heavy atom. The summed E-state index contributed by atoms with van der Waals surface area (Å²) >= 11 is 0. The third-order valence-corrected chi connectivity index (χ3v) is 4.74. The van der Waals surface area contributed by atoms with Gasteiger partial charge in [-0.2, -0.15) is 0 Å². The van der Waals surface area contributed by atoms with Crippen molar-refractivity contribution in [2.45, 2.75) is 18.2 Å². The highest BCUT2D eigenvalue weighted by Crippen LogP contribution is 2.20. The van der Waals surface area contributed by atoms with Gasteiger partial charge in [0.15, 0.2) is 0 Å². The minimum Gasteiger partial charge on any atom is -0.396 e. The molecule has 0 saturated carbocycles. The molecule has 1 aromatic carbocycles. The van der Waals surface area contributed by atoms with E-state index in [1.807, 2.05) is 0 Å². The van der Waals surface area contributed by atoms with Crippen molar-refractivity contribution < 1.29 is 12.8 Å². The molecule has 5 N–H and O–H groups in total. The molecule has 1 heterocycles. The van der Waals surface area contributed by atoms with Gasteiger partial charge in [-0.15, -0.1) is 0 Å². The van der Waals surface area contributed by atoms with Gasteiger partial charge in [0.1, 0.15) is 11.1 Å². The molecule has 100 valence electrons. The van der Waals surface area contributed by atoms with Crippen LogP contribution in [0, 0.1) is 5.82 Å². The fourth-order valence-corrected chi connectivity index (χ4v) is 3.33. The lowest BCUT2D eigenvalue weighted by atomic mass is 10.3. The van der Waals surface area contributed by atoms with Gasteiger partial charge in [-0.05, 0) is 25.1 Å². The number of hydrogen-bond acceptors (Lipinski definition) is 5. The lowest BCUT2D eigenvalue weighted by Gasteiger charge is -2.16. The van der Waals surface area contributed by atoms with E-state index in [-0.39, 0.29) is 17.4 Å². The fraction of sp³-hybridized carbons (Fsp3) is 0.400. The summed E-state index contributed by atoms with van der Waals surface area (Å²) in [6.45, 7) is 2.08. The Morgan fingerprint density at radius 2 is 2.22 bits per heavy atom. The molecule has 1 fully saturated rings. The first kappa shape index (κ1) is 13.1. The summed E-state index contributed by atoms with van der Waals surface area (Å²) in [5, 5.41) is -0.594. The predicted molar refractivity (Wildman–Crippen MR) is 67.7 cm³/mol. The van der Waals surface area contributed by atoms with Crippen molar-refractivity contribution in [1.29, 1.82) is 0 Å². The van der Waals surface area contributed by atoms with Crippen molar-refractivity contribution in [3.05, 3.63) is 24.0 Å². The maximum atomic E-state index is 13.0. The van der Waals surface area contributed by atoms with Crippen LogP contribution in [0.25, 0.3) is 0 Å². The summed E-state index contributed by atoms with van der Waals surface area (Å²) in [4.78, 5) is 0. The van der Waals surface area contributed by atoms with Crippen LogP contribution in [-0.2, 0) is 10.0 Å². The highest BCUT2D eigenvalue weighted by Gasteiger charge is 2.34. The molecular weight excluding hydrogens is 259 g/mol. The molecule has 1 aromatic rings. The van der Waals surface area contributed by atoms with Crippen molar-refractivity contribution in [2.24, 2.45) is 0 Å². The van der Waals surface area contributed by atoms with E-state index >= 15 is 0 Å². The Hall–Kier alpha value is -1.38. The number of nitrogens with two attached hydrogens (primary N) is 1. The lowest BCUT2D eigenvalue weighted by Crippen LogP contribution is -2.38. The summed E-state index contributed by atoms with van der Waals surface area (Å²) in [6.07, 6.45) is 0. The Labute approximate surface area is 105 Å². The predicted octanol–water partition coefficient (Wildman–Crippen LogP) is 0.0145. The second-order valence-electron chi connectivity index (χ2n) is 4.24. The van der Waals surface area contributed by atoms with Gasteiger partial charge in [-0.1, -0.05) is 0 Å². The average molecular weight is 274 g/mol. The van der Waals surface area contributed by atoms with Crippen LogP contribution < -0.4 is 21.3 Å².